The van der Waals surface area contributed by atoms with E-state index in [1.807, 2.05) is 12.1 Å². The number of methoxy groups -OCH3 is 2. The lowest BCUT2D eigenvalue weighted by Crippen LogP contribution is -2.29. The molecule has 0 aromatic heterocycles. The summed E-state index contributed by atoms with van der Waals surface area (Å²) < 4.78 is 16.5. The first-order chi connectivity index (χ1) is 9.31. The topological polar surface area (TPSA) is 39.7 Å². The number of benzene rings is 1. The second kappa shape index (κ2) is 6.78. The fraction of sp³-hybridized carbons (Fsp3) is 0.600. The maximum absolute atomic E-state index is 5.55. The molecule has 0 aliphatic carbocycles. The second-order valence-electron chi connectivity index (χ2n) is 4.74. The Balaban J connectivity index is 2.34. The van der Waals surface area contributed by atoms with Crippen molar-refractivity contribution in [3.05, 3.63) is 23.8 Å². The van der Waals surface area contributed by atoms with Crippen LogP contribution < -0.4 is 14.8 Å². The lowest BCUT2D eigenvalue weighted by atomic mass is 9.91. The molecule has 0 saturated carbocycles. The van der Waals surface area contributed by atoms with Gasteiger partial charge in [0.2, 0.25) is 0 Å². The van der Waals surface area contributed by atoms with E-state index in [4.69, 9.17) is 14.2 Å². The van der Waals surface area contributed by atoms with Crippen LogP contribution in [0.2, 0.25) is 0 Å². The lowest BCUT2D eigenvalue weighted by Gasteiger charge is -2.26. The highest BCUT2D eigenvalue weighted by molar-refractivity contribution is 5.48. The average Bonchev–Trinajstić information content (AvgIpc) is 2.97. The number of nitrogens with one attached hydrogen (secondary N) is 1. The molecule has 4 heteroatoms. The zero-order valence-electron chi connectivity index (χ0n) is 11.9. The van der Waals surface area contributed by atoms with Crippen molar-refractivity contribution in [3.63, 3.8) is 0 Å². The van der Waals surface area contributed by atoms with Crippen LogP contribution in [-0.4, -0.2) is 34.0 Å². The van der Waals surface area contributed by atoms with Gasteiger partial charge in [-0.3, -0.25) is 0 Å². The molecule has 0 radical (unpaired) electrons. The van der Waals surface area contributed by atoms with E-state index in [0.29, 0.717) is 5.92 Å². The van der Waals surface area contributed by atoms with E-state index in [1.165, 1.54) is 0 Å². The van der Waals surface area contributed by atoms with E-state index in [2.05, 4.69) is 18.3 Å². The highest BCUT2D eigenvalue weighted by Gasteiger charge is 2.29. The van der Waals surface area contributed by atoms with Gasteiger partial charge in [-0.25, -0.2) is 0 Å². The Kier molecular flexibility index (Phi) is 5.05. The predicted molar refractivity (Wildman–Crippen MR) is 74.9 cm³/mol. The molecule has 106 valence electrons. The van der Waals surface area contributed by atoms with Crippen LogP contribution in [0, 0.1) is 5.92 Å². The van der Waals surface area contributed by atoms with Crippen LogP contribution >= 0.6 is 0 Å². The summed E-state index contributed by atoms with van der Waals surface area (Å²) in [6, 6.07) is 6.29. The minimum absolute atomic E-state index is 0.248. The SMILES string of the molecule is CCNC(c1cccc(OC)c1OC)C1CCOC1. The van der Waals surface area contributed by atoms with Gasteiger partial charge in [-0.2, -0.15) is 0 Å². The summed E-state index contributed by atoms with van der Waals surface area (Å²) in [5.74, 6) is 2.09. The minimum Gasteiger partial charge on any atom is -0.493 e. The van der Waals surface area contributed by atoms with Crippen LogP contribution in [0.25, 0.3) is 0 Å². The molecule has 1 N–H and O–H groups in total. The van der Waals surface area contributed by atoms with Crippen LogP contribution in [0.1, 0.15) is 24.9 Å². The third kappa shape index (κ3) is 3.01. The van der Waals surface area contributed by atoms with Crippen molar-refractivity contribution in [1.29, 1.82) is 0 Å². The van der Waals surface area contributed by atoms with Gasteiger partial charge in [-0.15, -0.1) is 0 Å². The van der Waals surface area contributed by atoms with E-state index in [-0.39, 0.29) is 6.04 Å². The largest absolute Gasteiger partial charge is 0.493 e. The molecule has 1 aromatic rings. The van der Waals surface area contributed by atoms with Crippen molar-refractivity contribution < 1.29 is 14.2 Å². The summed E-state index contributed by atoms with van der Waals surface area (Å²) in [5, 5.41) is 3.55. The van der Waals surface area contributed by atoms with Gasteiger partial charge in [0.15, 0.2) is 11.5 Å². The molecule has 1 aliphatic rings. The molecule has 0 bridgehead atoms. The van der Waals surface area contributed by atoms with Crippen LogP contribution in [0.4, 0.5) is 0 Å². The Hall–Kier alpha value is -1.26. The van der Waals surface area contributed by atoms with Gasteiger partial charge in [-0.1, -0.05) is 19.1 Å². The van der Waals surface area contributed by atoms with Crippen LogP contribution in [0.15, 0.2) is 18.2 Å². The summed E-state index contributed by atoms with van der Waals surface area (Å²) >= 11 is 0. The lowest BCUT2D eigenvalue weighted by molar-refractivity contribution is 0.176. The van der Waals surface area contributed by atoms with E-state index in [1.54, 1.807) is 14.2 Å². The summed E-state index contributed by atoms with van der Waals surface area (Å²) in [5.41, 5.74) is 1.15. The molecule has 2 unspecified atom stereocenters. The molecule has 1 heterocycles. The highest BCUT2D eigenvalue weighted by atomic mass is 16.5. The van der Waals surface area contributed by atoms with Gasteiger partial charge in [0.05, 0.1) is 20.8 Å². The second-order valence-corrected chi connectivity index (χ2v) is 4.74. The summed E-state index contributed by atoms with van der Waals surface area (Å²) in [4.78, 5) is 0. The molecular formula is C15H23NO3. The summed E-state index contributed by atoms with van der Waals surface area (Å²) in [6.07, 6.45) is 1.08. The molecule has 2 rings (SSSR count). The number of para-hydroxylation sites is 1. The Labute approximate surface area is 115 Å². The first kappa shape index (κ1) is 14.2. The minimum atomic E-state index is 0.248. The van der Waals surface area contributed by atoms with Crippen LogP contribution in [0.3, 0.4) is 0 Å². The van der Waals surface area contributed by atoms with Crippen LogP contribution in [0.5, 0.6) is 11.5 Å². The molecule has 4 nitrogen and oxygen atoms in total. The van der Waals surface area contributed by atoms with Crippen molar-refractivity contribution in [1.82, 2.24) is 5.32 Å². The predicted octanol–water partition coefficient (Wildman–Crippen LogP) is 2.39. The Morgan fingerprint density at radius 3 is 2.79 bits per heavy atom. The molecule has 0 spiro atoms. The Morgan fingerprint density at radius 2 is 2.21 bits per heavy atom. The van der Waals surface area contributed by atoms with Gasteiger partial charge in [-0.05, 0) is 19.0 Å². The molecule has 1 aliphatic heterocycles. The molecule has 0 amide bonds. The molecule has 19 heavy (non-hydrogen) atoms. The Bertz CT molecular complexity index is 402. The maximum Gasteiger partial charge on any atom is 0.165 e. The average molecular weight is 265 g/mol. The maximum atomic E-state index is 5.55. The number of hydrogen-bond acceptors (Lipinski definition) is 4. The summed E-state index contributed by atoms with van der Waals surface area (Å²) in [6.45, 7) is 4.69. The smallest absolute Gasteiger partial charge is 0.165 e. The monoisotopic (exact) mass is 265 g/mol. The fourth-order valence-electron chi connectivity index (χ4n) is 2.72. The van der Waals surface area contributed by atoms with Crippen molar-refractivity contribution >= 4 is 0 Å². The quantitative estimate of drug-likeness (QED) is 0.857. The van der Waals surface area contributed by atoms with Gasteiger partial charge < -0.3 is 19.5 Å². The number of rotatable bonds is 6. The van der Waals surface area contributed by atoms with Gasteiger partial charge in [0.25, 0.3) is 0 Å². The van der Waals surface area contributed by atoms with Crippen molar-refractivity contribution in [2.75, 3.05) is 34.0 Å². The molecule has 2 atom stereocenters. The normalized spacial score (nSPS) is 20.3. The van der Waals surface area contributed by atoms with Crippen molar-refractivity contribution in [2.45, 2.75) is 19.4 Å². The van der Waals surface area contributed by atoms with E-state index in [0.717, 1.165) is 43.2 Å². The molecule has 1 fully saturated rings. The molecule has 1 aromatic carbocycles. The van der Waals surface area contributed by atoms with Gasteiger partial charge in [0, 0.05) is 24.1 Å². The fourth-order valence-corrected chi connectivity index (χ4v) is 2.72. The van der Waals surface area contributed by atoms with E-state index in [9.17, 15) is 0 Å². The molecular weight excluding hydrogens is 242 g/mol. The highest BCUT2D eigenvalue weighted by Crippen LogP contribution is 2.39. The van der Waals surface area contributed by atoms with Gasteiger partial charge >= 0.3 is 0 Å². The van der Waals surface area contributed by atoms with Crippen molar-refractivity contribution in [2.24, 2.45) is 5.92 Å². The summed E-state index contributed by atoms with van der Waals surface area (Å²) in [7, 11) is 3.36. The zero-order chi connectivity index (χ0) is 13.7. The molecule has 1 saturated heterocycles. The van der Waals surface area contributed by atoms with Gasteiger partial charge in [0.1, 0.15) is 0 Å². The zero-order valence-corrected chi connectivity index (χ0v) is 11.9. The van der Waals surface area contributed by atoms with Crippen molar-refractivity contribution in [3.8, 4) is 11.5 Å². The third-order valence-electron chi connectivity index (χ3n) is 3.63. The Morgan fingerprint density at radius 1 is 1.37 bits per heavy atom. The third-order valence-corrected chi connectivity index (χ3v) is 3.63. The van der Waals surface area contributed by atoms with Crippen LogP contribution in [-0.2, 0) is 4.74 Å². The number of ether oxygens (including phenoxy) is 3. The first-order valence-corrected chi connectivity index (χ1v) is 6.83. The van der Waals surface area contributed by atoms with E-state index >= 15 is 0 Å². The van der Waals surface area contributed by atoms with E-state index < -0.39 is 0 Å². The first-order valence-electron chi connectivity index (χ1n) is 6.83. The standard InChI is InChI=1S/C15H23NO3/c1-4-16-14(11-8-9-19-10-11)12-6-5-7-13(17-2)15(12)18-3/h5-7,11,14,16H,4,8-10H2,1-3H3. The number of hydrogen-bond donors (Lipinski definition) is 1.